The fourth-order valence-corrected chi connectivity index (χ4v) is 4.46. The maximum absolute atomic E-state index is 12.8. The van der Waals surface area contributed by atoms with Gasteiger partial charge in [0.1, 0.15) is 5.69 Å². The Balaban J connectivity index is 1.55. The fourth-order valence-electron chi connectivity index (χ4n) is 4.06. The van der Waals surface area contributed by atoms with Crippen LogP contribution in [0.25, 0.3) is 0 Å². The number of carbonyl (C=O) groups is 3. The van der Waals surface area contributed by atoms with Crippen LogP contribution in [0, 0.1) is 0 Å². The largest absolute Gasteiger partial charge is 0.369 e. The van der Waals surface area contributed by atoms with Crippen molar-refractivity contribution in [3.8, 4) is 0 Å². The second-order valence-corrected chi connectivity index (χ2v) is 10.3. The van der Waals surface area contributed by atoms with E-state index < -0.39 is 0 Å². The molecule has 0 unspecified atom stereocenters. The lowest BCUT2D eigenvalue weighted by atomic mass is 10.1. The average Bonchev–Trinajstić information content (AvgIpc) is 3.31. The SMILES string of the molecule is CN(C)CCCNC(=O)c1cc(NC(=O)c2ccc(NC(=O)c3ccc(N(CCCl)CCCl)cc3)cc2)cn1C. The number of hydrogen-bond donors (Lipinski definition) is 3. The molecule has 2 aromatic carbocycles. The molecular formula is C29H36Cl2N6O3. The third kappa shape index (κ3) is 9.01. The number of benzene rings is 2. The lowest BCUT2D eigenvalue weighted by molar-refractivity contribution is 0.0942. The Hall–Kier alpha value is -3.53. The summed E-state index contributed by atoms with van der Waals surface area (Å²) in [6.07, 6.45) is 2.54. The highest BCUT2D eigenvalue weighted by atomic mass is 35.5. The van der Waals surface area contributed by atoms with Gasteiger partial charge in [-0.2, -0.15) is 0 Å². The Bertz CT molecular complexity index is 1270. The predicted octanol–water partition coefficient (Wildman–Crippen LogP) is 4.50. The number of aryl methyl sites for hydroxylation is 1. The first-order chi connectivity index (χ1) is 19.2. The summed E-state index contributed by atoms with van der Waals surface area (Å²) >= 11 is 11.8. The molecular weight excluding hydrogens is 551 g/mol. The summed E-state index contributed by atoms with van der Waals surface area (Å²) in [6, 6.07) is 15.5. The molecule has 1 aromatic heterocycles. The van der Waals surface area contributed by atoms with E-state index in [4.69, 9.17) is 23.2 Å². The topological polar surface area (TPSA) is 98.7 Å². The van der Waals surface area contributed by atoms with E-state index in [0.717, 1.165) is 18.7 Å². The van der Waals surface area contributed by atoms with Gasteiger partial charge in [0.05, 0.1) is 5.69 Å². The third-order valence-electron chi connectivity index (χ3n) is 6.17. The quantitative estimate of drug-likeness (QED) is 0.191. The van der Waals surface area contributed by atoms with Crippen molar-refractivity contribution in [2.75, 3.05) is 67.6 Å². The molecule has 0 fully saturated rings. The van der Waals surface area contributed by atoms with E-state index in [9.17, 15) is 14.4 Å². The van der Waals surface area contributed by atoms with E-state index in [0.29, 0.717) is 59.6 Å². The molecule has 40 heavy (non-hydrogen) atoms. The summed E-state index contributed by atoms with van der Waals surface area (Å²) in [4.78, 5) is 42.1. The average molecular weight is 588 g/mol. The second-order valence-electron chi connectivity index (χ2n) is 9.54. The summed E-state index contributed by atoms with van der Waals surface area (Å²) in [5, 5.41) is 8.57. The molecule has 3 aromatic rings. The Morgan fingerprint density at radius 1 is 0.775 bits per heavy atom. The molecule has 0 saturated heterocycles. The molecule has 0 aliphatic carbocycles. The minimum absolute atomic E-state index is 0.195. The first-order valence-electron chi connectivity index (χ1n) is 13.0. The maximum Gasteiger partial charge on any atom is 0.267 e. The second kappa shape index (κ2) is 15.3. The number of hydrogen-bond acceptors (Lipinski definition) is 5. The summed E-state index contributed by atoms with van der Waals surface area (Å²) < 4.78 is 1.68. The highest BCUT2D eigenvalue weighted by Crippen LogP contribution is 2.19. The van der Waals surface area contributed by atoms with E-state index in [1.807, 2.05) is 26.2 Å². The standard InChI is InChI=1S/C29H36Cl2N6O3/c1-35(2)16-4-15-32-29(40)26-19-24(20-36(26)3)34-28(39)21-5-9-23(10-6-21)33-27(38)22-7-11-25(12-8-22)37(17-13-30)18-14-31/h5-12,19-20H,4,13-18H2,1-3H3,(H,32,40)(H,33,38)(H,34,39). The Morgan fingerprint density at radius 2 is 1.32 bits per heavy atom. The lowest BCUT2D eigenvalue weighted by Gasteiger charge is -2.22. The van der Waals surface area contributed by atoms with Gasteiger partial charge < -0.3 is 30.3 Å². The van der Waals surface area contributed by atoms with Crippen LogP contribution >= 0.6 is 23.2 Å². The van der Waals surface area contributed by atoms with Crippen molar-refractivity contribution in [2.45, 2.75) is 6.42 Å². The molecule has 9 nitrogen and oxygen atoms in total. The predicted molar refractivity (Wildman–Crippen MR) is 163 cm³/mol. The smallest absolute Gasteiger partial charge is 0.267 e. The van der Waals surface area contributed by atoms with Gasteiger partial charge in [0, 0.05) is 67.1 Å². The van der Waals surface area contributed by atoms with Crippen molar-refractivity contribution in [3.63, 3.8) is 0 Å². The van der Waals surface area contributed by atoms with Gasteiger partial charge in [0.15, 0.2) is 0 Å². The molecule has 11 heteroatoms. The number of amides is 3. The molecule has 0 spiro atoms. The third-order valence-corrected chi connectivity index (χ3v) is 6.51. The van der Waals surface area contributed by atoms with E-state index in [2.05, 4.69) is 25.8 Å². The van der Waals surface area contributed by atoms with Crippen molar-refractivity contribution >= 4 is 58.0 Å². The number of aromatic nitrogens is 1. The van der Waals surface area contributed by atoms with E-state index in [1.165, 1.54) is 0 Å². The van der Waals surface area contributed by atoms with Gasteiger partial charge >= 0.3 is 0 Å². The van der Waals surface area contributed by atoms with Gasteiger partial charge in [-0.25, -0.2) is 0 Å². The number of carbonyl (C=O) groups excluding carboxylic acids is 3. The van der Waals surface area contributed by atoms with Crippen molar-refractivity contribution in [2.24, 2.45) is 7.05 Å². The minimum atomic E-state index is -0.324. The van der Waals surface area contributed by atoms with Crippen LogP contribution in [0.15, 0.2) is 60.8 Å². The molecule has 0 aliphatic heterocycles. The summed E-state index contributed by atoms with van der Waals surface area (Å²) in [6.45, 7) is 2.78. The van der Waals surface area contributed by atoms with Crippen LogP contribution in [0.3, 0.4) is 0 Å². The first kappa shape index (κ1) is 31.0. The van der Waals surface area contributed by atoms with Gasteiger partial charge in [0.25, 0.3) is 17.7 Å². The Labute approximate surface area is 245 Å². The van der Waals surface area contributed by atoms with Crippen LogP contribution in [-0.2, 0) is 7.05 Å². The Kier molecular flexibility index (Phi) is 11.9. The number of alkyl halides is 2. The number of halogens is 2. The maximum atomic E-state index is 12.8. The number of nitrogens with one attached hydrogen (secondary N) is 3. The molecule has 0 atom stereocenters. The van der Waals surface area contributed by atoms with Gasteiger partial charge in [0.2, 0.25) is 0 Å². The van der Waals surface area contributed by atoms with Crippen molar-refractivity contribution in [3.05, 3.63) is 77.6 Å². The van der Waals surface area contributed by atoms with Crippen LogP contribution in [0.5, 0.6) is 0 Å². The summed E-state index contributed by atoms with van der Waals surface area (Å²) in [7, 11) is 5.73. The van der Waals surface area contributed by atoms with Crippen molar-refractivity contribution in [1.82, 2.24) is 14.8 Å². The number of anilines is 3. The molecule has 0 saturated carbocycles. The van der Waals surface area contributed by atoms with Gasteiger partial charge in [-0.1, -0.05) is 0 Å². The van der Waals surface area contributed by atoms with Crippen molar-refractivity contribution < 1.29 is 14.4 Å². The van der Waals surface area contributed by atoms with E-state index in [-0.39, 0.29) is 17.7 Å². The van der Waals surface area contributed by atoms with Gasteiger partial charge in [-0.3, -0.25) is 14.4 Å². The highest BCUT2D eigenvalue weighted by Gasteiger charge is 2.15. The normalized spacial score (nSPS) is 10.8. The summed E-state index contributed by atoms with van der Waals surface area (Å²) in [5.41, 5.74) is 3.40. The van der Waals surface area contributed by atoms with Crippen molar-refractivity contribution in [1.29, 1.82) is 0 Å². The molecule has 0 radical (unpaired) electrons. The van der Waals surface area contributed by atoms with Crippen LogP contribution in [-0.4, -0.2) is 79.2 Å². The first-order valence-corrected chi connectivity index (χ1v) is 14.1. The number of nitrogens with zero attached hydrogens (tertiary/aromatic N) is 3. The number of rotatable bonds is 14. The lowest BCUT2D eigenvalue weighted by Crippen LogP contribution is -2.28. The van der Waals surface area contributed by atoms with Crippen LogP contribution in [0.2, 0.25) is 0 Å². The van der Waals surface area contributed by atoms with Gasteiger partial charge in [-0.15, -0.1) is 23.2 Å². The molecule has 3 rings (SSSR count). The zero-order valence-electron chi connectivity index (χ0n) is 23.0. The van der Waals surface area contributed by atoms with Gasteiger partial charge in [-0.05, 0) is 81.7 Å². The molecule has 214 valence electrons. The zero-order valence-corrected chi connectivity index (χ0v) is 24.6. The van der Waals surface area contributed by atoms with E-state index >= 15 is 0 Å². The molecule has 1 heterocycles. The molecule has 3 N–H and O–H groups in total. The van der Waals surface area contributed by atoms with Crippen LogP contribution in [0.1, 0.15) is 37.6 Å². The molecule has 0 bridgehead atoms. The molecule has 0 aliphatic rings. The Morgan fingerprint density at radius 3 is 1.88 bits per heavy atom. The fraction of sp³-hybridized carbons (Fsp3) is 0.345. The summed E-state index contributed by atoms with van der Waals surface area (Å²) in [5.74, 6) is 0.180. The minimum Gasteiger partial charge on any atom is -0.369 e. The highest BCUT2D eigenvalue weighted by molar-refractivity contribution is 6.18. The zero-order chi connectivity index (χ0) is 29.1. The van der Waals surface area contributed by atoms with Crippen LogP contribution in [0.4, 0.5) is 17.1 Å². The molecule has 3 amide bonds. The van der Waals surface area contributed by atoms with E-state index in [1.54, 1.807) is 60.3 Å². The van der Waals surface area contributed by atoms with Crippen LogP contribution < -0.4 is 20.9 Å². The monoisotopic (exact) mass is 586 g/mol.